The van der Waals surface area contributed by atoms with Gasteiger partial charge < -0.3 is 10.1 Å². The smallest absolute Gasteiger partial charge is 0.0488 e. The van der Waals surface area contributed by atoms with Gasteiger partial charge in [-0.2, -0.15) is 0 Å². The first kappa shape index (κ1) is 18.7. The Bertz CT molecular complexity index is 412. The van der Waals surface area contributed by atoms with Crippen molar-refractivity contribution in [1.82, 2.24) is 5.32 Å². The monoisotopic (exact) mass is 355 g/mol. The molecule has 2 nitrogen and oxygen atoms in total. The predicted molar refractivity (Wildman–Crippen MR) is 94.9 cm³/mol. The number of rotatable bonds is 8. The topological polar surface area (TPSA) is 21.3 Å². The van der Waals surface area contributed by atoms with E-state index in [0.29, 0.717) is 11.8 Å². The van der Waals surface area contributed by atoms with Gasteiger partial charge >= 0.3 is 0 Å². The fraction of sp³-hybridized carbons (Fsp3) is 0.667. The molecule has 0 radical (unpaired) electrons. The van der Waals surface area contributed by atoms with Crippen molar-refractivity contribution >= 4 is 15.9 Å². The summed E-state index contributed by atoms with van der Waals surface area (Å²) in [7, 11) is 0. The number of hydrogen-bond acceptors (Lipinski definition) is 2. The van der Waals surface area contributed by atoms with Crippen LogP contribution in [0.15, 0.2) is 28.7 Å². The molecule has 1 N–H and O–H groups in total. The summed E-state index contributed by atoms with van der Waals surface area (Å²) in [5, 5.41) is 3.62. The first-order valence-corrected chi connectivity index (χ1v) is 8.66. The van der Waals surface area contributed by atoms with Gasteiger partial charge in [-0.3, -0.25) is 0 Å². The van der Waals surface area contributed by atoms with Crippen molar-refractivity contribution in [3.63, 3.8) is 0 Å². The van der Waals surface area contributed by atoms with Crippen molar-refractivity contribution < 1.29 is 4.74 Å². The van der Waals surface area contributed by atoms with Gasteiger partial charge in [0.05, 0.1) is 0 Å². The molecule has 1 rings (SSSR count). The number of nitrogens with one attached hydrogen (secondary N) is 1. The summed E-state index contributed by atoms with van der Waals surface area (Å²) in [5.74, 6) is 1.06. The van der Waals surface area contributed by atoms with Crippen LogP contribution in [0.25, 0.3) is 0 Å². The molecule has 0 aromatic heterocycles. The van der Waals surface area contributed by atoms with Gasteiger partial charge in [0.25, 0.3) is 0 Å². The Balaban J connectivity index is 2.64. The molecule has 3 heteroatoms. The van der Waals surface area contributed by atoms with E-state index < -0.39 is 0 Å². The van der Waals surface area contributed by atoms with Crippen LogP contribution in [-0.4, -0.2) is 25.3 Å². The van der Waals surface area contributed by atoms with Gasteiger partial charge in [-0.1, -0.05) is 48.0 Å². The van der Waals surface area contributed by atoms with Crippen LogP contribution in [0.5, 0.6) is 0 Å². The molecule has 0 fully saturated rings. The molecular formula is C18H30BrNO. The maximum Gasteiger partial charge on any atom is 0.0488 e. The summed E-state index contributed by atoms with van der Waals surface area (Å²) >= 11 is 3.68. The van der Waals surface area contributed by atoms with Crippen LogP contribution >= 0.6 is 15.9 Å². The van der Waals surface area contributed by atoms with Crippen molar-refractivity contribution in [2.45, 2.75) is 52.5 Å². The van der Waals surface area contributed by atoms with E-state index >= 15 is 0 Å². The lowest BCUT2D eigenvalue weighted by Gasteiger charge is -2.26. The third-order valence-electron chi connectivity index (χ3n) is 3.29. The fourth-order valence-electron chi connectivity index (χ4n) is 2.15. The summed E-state index contributed by atoms with van der Waals surface area (Å²) in [6, 6.07) is 8.51. The lowest BCUT2D eigenvalue weighted by atomic mass is 9.94. The number of benzene rings is 1. The zero-order valence-corrected chi connectivity index (χ0v) is 15.7. The van der Waals surface area contributed by atoms with E-state index in [0.717, 1.165) is 26.2 Å². The van der Waals surface area contributed by atoms with Gasteiger partial charge in [0.15, 0.2) is 0 Å². The molecule has 0 aliphatic carbocycles. The molecule has 0 amide bonds. The second-order valence-corrected chi connectivity index (χ2v) is 7.96. The Morgan fingerprint density at radius 1 is 1.19 bits per heavy atom. The Kier molecular flexibility index (Phi) is 7.93. The minimum Gasteiger partial charge on any atom is -0.381 e. The molecule has 1 unspecified atom stereocenters. The third kappa shape index (κ3) is 7.98. The Morgan fingerprint density at radius 3 is 2.43 bits per heavy atom. The molecular weight excluding hydrogens is 326 g/mol. The maximum atomic E-state index is 5.78. The second kappa shape index (κ2) is 8.92. The highest BCUT2D eigenvalue weighted by atomic mass is 79.9. The van der Waals surface area contributed by atoms with Gasteiger partial charge in [0.2, 0.25) is 0 Å². The molecule has 0 aliphatic heterocycles. The van der Waals surface area contributed by atoms with Crippen LogP contribution in [0.1, 0.15) is 52.5 Å². The van der Waals surface area contributed by atoms with Gasteiger partial charge in [0.1, 0.15) is 0 Å². The van der Waals surface area contributed by atoms with E-state index in [1.165, 1.54) is 10.0 Å². The highest BCUT2D eigenvalue weighted by Gasteiger charge is 2.17. The summed E-state index contributed by atoms with van der Waals surface area (Å²) in [5.41, 5.74) is 1.50. The van der Waals surface area contributed by atoms with E-state index in [4.69, 9.17) is 4.74 Å². The zero-order chi connectivity index (χ0) is 15.9. The van der Waals surface area contributed by atoms with E-state index in [2.05, 4.69) is 80.1 Å². The number of halogens is 1. The average molecular weight is 356 g/mol. The predicted octanol–water partition coefficient (Wildman–Crippen LogP) is 4.98. The van der Waals surface area contributed by atoms with Crippen molar-refractivity contribution in [3.8, 4) is 0 Å². The van der Waals surface area contributed by atoms with Crippen LogP contribution in [0.4, 0.5) is 0 Å². The molecule has 21 heavy (non-hydrogen) atoms. The highest BCUT2D eigenvalue weighted by molar-refractivity contribution is 9.10. The minimum absolute atomic E-state index is 0.137. The molecule has 0 spiro atoms. The van der Waals surface area contributed by atoms with Gasteiger partial charge in [0, 0.05) is 29.8 Å². The summed E-state index contributed by atoms with van der Waals surface area (Å²) in [6.07, 6.45) is 1.04. The van der Waals surface area contributed by atoms with E-state index in [-0.39, 0.29) is 5.54 Å². The second-order valence-electron chi connectivity index (χ2n) is 7.11. The molecule has 1 aromatic carbocycles. The molecule has 0 heterocycles. The normalized spacial score (nSPS) is 13.7. The van der Waals surface area contributed by atoms with Crippen molar-refractivity contribution in [1.29, 1.82) is 0 Å². The lowest BCUT2D eigenvalue weighted by molar-refractivity contribution is 0.103. The Hall–Kier alpha value is -0.380. The minimum atomic E-state index is 0.137. The lowest BCUT2D eigenvalue weighted by Crippen LogP contribution is -2.38. The van der Waals surface area contributed by atoms with Crippen LogP contribution in [0.2, 0.25) is 0 Å². The molecule has 0 aliphatic rings. The van der Waals surface area contributed by atoms with Crippen molar-refractivity contribution in [3.05, 3.63) is 34.3 Å². The molecule has 1 atom stereocenters. The Labute approximate surface area is 138 Å². The van der Waals surface area contributed by atoms with Crippen LogP contribution < -0.4 is 5.32 Å². The van der Waals surface area contributed by atoms with Crippen LogP contribution in [0.3, 0.4) is 0 Å². The molecule has 0 saturated carbocycles. The first-order chi connectivity index (χ1) is 9.79. The van der Waals surface area contributed by atoms with E-state index in [1.54, 1.807) is 0 Å². The quantitative estimate of drug-likeness (QED) is 0.663. The van der Waals surface area contributed by atoms with Crippen LogP contribution in [0, 0.1) is 5.92 Å². The molecule has 0 saturated heterocycles. The zero-order valence-electron chi connectivity index (χ0n) is 14.1. The highest BCUT2D eigenvalue weighted by Crippen LogP contribution is 2.27. The molecule has 1 aromatic rings. The SMILES string of the molecule is CC(C)COCCC(CNC(C)(C)C)c1ccccc1Br. The number of hydrogen-bond donors (Lipinski definition) is 1. The van der Waals surface area contributed by atoms with Crippen molar-refractivity contribution in [2.75, 3.05) is 19.8 Å². The van der Waals surface area contributed by atoms with Gasteiger partial charge in [-0.15, -0.1) is 0 Å². The summed E-state index contributed by atoms with van der Waals surface area (Å²) in [4.78, 5) is 0. The van der Waals surface area contributed by atoms with E-state index in [9.17, 15) is 0 Å². The van der Waals surface area contributed by atoms with Crippen LogP contribution in [-0.2, 0) is 4.74 Å². The Morgan fingerprint density at radius 2 is 1.86 bits per heavy atom. The fourth-order valence-corrected chi connectivity index (χ4v) is 2.76. The standard InChI is InChI=1S/C18H30BrNO/c1-14(2)13-21-11-10-15(12-20-18(3,4)5)16-8-6-7-9-17(16)19/h6-9,14-15,20H,10-13H2,1-5H3. The maximum absolute atomic E-state index is 5.78. The average Bonchev–Trinajstić information content (AvgIpc) is 2.37. The number of ether oxygens (including phenoxy) is 1. The van der Waals surface area contributed by atoms with Gasteiger partial charge in [-0.25, -0.2) is 0 Å². The third-order valence-corrected chi connectivity index (χ3v) is 4.01. The summed E-state index contributed by atoms with van der Waals surface area (Å²) in [6.45, 7) is 13.6. The van der Waals surface area contributed by atoms with Crippen molar-refractivity contribution in [2.24, 2.45) is 5.92 Å². The van der Waals surface area contributed by atoms with E-state index in [1.807, 2.05) is 0 Å². The largest absolute Gasteiger partial charge is 0.381 e. The first-order valence-electron chi connectivity index (χ1n) is 7.87. The molecule has 0 bridgehead atoms. The summed E-state index contributed by atoms with van der Waals surface area (Å²) < 4.78 is 6.97. The van der Waals surface area contributed by atoms with Gasteiger partial charge in [-0.05, 0) is 50.7 Å². The molecule has 120 valence electrons.